The molecule has 2 atom stereocenters. The highest BCUT2D eigenvalue weighted by Crippen LogP contribution is 2.20. The van der Waals surface area contributed by atoms with E-state index in [1.807, 2.05) is 48.5 Å². The minimum Gasteiger partial charge on any atom is -0.350 e. The third kappa shape index (κ3) is 6.30. The second kappa shape index (κ2) is 9.66. The number of carbonyl (C=O) groups is 1. The smallest absolute Gasteiger partial charge is 0.243 e. The fraction of sp³-hybridized carbons (Fsp3) is 0.650. The molecule has 0 saturated carbocycles. The van der Waals surface area contributed by atoms with Gasteiger partial charge in [0.15, 0.2) is 0 Å². The van der Waals surface area contributed by atoms with Gasteiger partial charge < -0.3 is 5.32 Å². The zero-order chi connectivity index (χ0) is 20.8. The Morgan fingerprint density at radius 2 is 1.59 bits per heavy atom. The third-order valence-corrected chi connectivity index (χ3v) is 7.03. The number of hydrogen-bond acceptors (Lipinski definition) is 4. The Kier molecular flexibility index (Phi) is 8.45. The molecule has 0 spiro atoms. The molecule has 0 aliphatic rings. The summed E-state index contributed by atoms with van der Waals surface area (Å²) >= 11 is 0. The van der Waals surface area contributed by atoms with Crippen LogP contribution in [0.15, 0.2) is 29.2 Å². The van der Waals surface area contributed by atoms with Crippen LogP contribution in [0.4, 0.5) is 0 Å². The van der Waals surface area contributed by atoms with Gasteiger partial charge in [0.05, 0.1) is 10.9 Å². The van der Waals surface area contributed by atoms with Crippen molar-refractivity contribution in [2.75, 3.05) is 13.1 Å². The van der Waals surface area contributed by atoms with Crippen LogP contribution in [0.25, 0.3) is 0 Å². The Bertz CT molecular complexity index is 710. The summed E-state index contributed by atoms with van der Waals surface area (Å²) in [6.45, 7) is 14.4. The first-order valence-electron chi connectivity index (χ1n) is 9.66. The van der Waals surface area contributed by atoms with E-state index in [0.717, 1.165) is 12.0 Å². The van der Waals surface area contributed by atoms with E-state index in [4.69, 9.17) is 0 Å². The summed E-state index contributed by atoms with van der Waals surface area (Å²) in [5.41, 5.74) is 0.694. The number of carbonyl (C=O) groups excluding carboxylic acids is 1. The lowest BCUT2D eigenvalue weighted by Crippen LogP contribution is -2.51. The molecule has 1 amide bonds. The Hall–Kier alpha value is -1.44. The summed E-state index contributed by atoms with van der Waals surface area (Å²) in [5, 5.41) is 6.30. The van der Waals surface area contributed by atoms with Crippen molar-refractivity contribution in [3.8, 4) is 0 Å². The first-order chi connectivity index (χ1) is 12.5. The van der Waals surface area contributed by atoms with Gasteiger partial charge in [0.1, 0.15) is 0 Å². The van der Waals surface area contributed by atoms with Crippen molar-refractivity contribution in [2.45, 2.75) is 77.4 Å². The number of benzene rings is 1. The van der Waals surface area contributed by atoms with Crippen molar-refractivity contribution >= 4 is 15.9 Å². The Balaban J connectivity index is 2.83. The molecule has 1 aromatic carbocycles. The zero-order valence-corrected chi connectivity index (χ0v) is 18.5. The molecule has 0 radical (unpaired) electrons. The predicted octanol–water partition coefficient (Wildman–Crippen LogP) is 3.06. The number of rotatable bonds is 10. The summed E-state index contributed by atoms with van der Waals surface area (Å²) < 4.78 is 26.6. The van der Waals surface area contributed by atoms with Crippen LogP contribution in [0.2, 0.25) is 0 Å². The number of nitrogens with zero attached hydrogens (tertiary/aromatic N) is 1. The van der Waals surface area contributed by atoms with Crippen LogP contribution in [-0.4, -0.2) is 43.3 Å². The van der Waals surface area contributed by atoms with E-state index in [-0.39, 0.29) is 28.4 Å². The topological polar surface area (TPSA) is 78.5 Å². The maximum atomic E-state index is 12.6. The second-order valence-corrected chi connectivity index (χ2v) is 9.43. The van der Waals surface area contributed by atoms with E-state index in [1.54, 1.807) is 24.3 Å². The average Bonchev–Trinajstić information content (AvgIpc) is 2.62. The monoisotopic (exact) mass is 397 g/mol. The second-order valence-electron chi connectivity index (χ2n) is 7.50. The van der Waals surface area contributed by atoms with Crippen LogP contribution in [0.1, 0.15) is 66.5 Å². The van der Waals surface area contributed by atoms with Crippen molar-refractivity contribution in [3.05, 3.63) is 29.8 Å². The maximum absolute atomic E-state index is 12.6. The first-order valence-corrected chi connectivity index (χ1v) is 11.1. The van der Waals surface area contributed by atoms with Crippen LogP contribution < -0.4 is 10.6 Å². The lowest BCUT2D eigenvalue weighted by molar-refractivity contribution is -0.124. The highest BCUT2D eigenvalue weighted by Gasteiger charge is 2.24. The van der Waals surface area contributed by atoms with Crippen LogP contribution in [0, 0.1) is 0 Å². The maximum Gasteiger partial charge on any atom is 0.243 e. The van der Waals surface area contributed by atoms with Gasteiger partial charge in [-0.2, -0.15) is 4.31 Å². The van der Waals surface area contributed by atoms with Crippen LogP contribution in [-0.2, 0) is 14.8 Å². The van der Waals surface area contributed by atoms with Gasteiger partial charge in [0.2, 0.25) is 15.9 Å². The Morgan fingerprint density at radius 3 is 2.04 bits per heavy atom. The van der Waals surface area contributed by atoms with Gasteiger partial charge in [0.25, 0.3) is 0 Å². The zero-order valence-electron chi connectivity index (χ0n) is 17.7. The molecule has 0 saturated heterocycles. The summed E-state index contributed by atoms with van der Waals surface area (Å²) in [7, 11) is -3.45. The van der Waals surface area contributed by atoms with Crippen molar-refractivity contribution in [1.82, 2.24) is 14.9 Å². The molecule has 1 aromatic rings. The molecule has 0 bridgehead atoms. The lowest BCUT2D eigenvalue weighted by atomic mass is 10.0. The summed E-state index contributed by atoms with van der Waals surface area (Å²) in [6, 6.07) is 6.42. The van der Waals surface area contributed by atoms with Crippen molar-refractivity contribution < 1.29 is 13.2 Å². The first kappa shape index (κ1) is 23.6. The predicted molar refractivity (Wildman–Crippen MR) is 110 cm³/mol. The molecular formula is C20H35N3O3S. The highest BCUT2D eigenvalue weighted by molar-refractivity contribution is 7.89. The molecule has 0 aromatic heterocycles. The number of hydrogen-bond donors (Lipinski definition) is 2. The number of nitrogens with one attached hydrogen (secondary N) is 2. The largest absolute Gasteiger partial charge is 0.350 e. The molecule has 0 fully saturated rings. The Morgan fingerprint density at radius 1 is 1.07 bits per heavy atom. The normalized spacial score (nSPS) is 14.8. The van der Waals surface area contributed by atoms with Gasteiger partial charge in [-0.1, -0.05) is 32.9 Å². The highest BCUT2D eigenvalue weighted by atomic mass is 32.2. The molecule has 154 valence electrons. The van der Waals surface area contributed by atoms with E-state index in [1.165, 1.54) is 4.31 Å². The van der Waals surface area contributed by atoms with Crippen molar-refractivity contribution in [2.24, 2.45) is 0 Å². The molecule has 0 heterocycles. The quantitative estimate of drug-likeness (QED) is 0.636. The molecule has 27 heavy (non-hydrogen) atoms. The van der Waals surface area contributed by atoms with E-state index >= 15 is 0 Å². The van der Waals surface area contributed by atoms with Gasteiger partial charge in [-0.05, 0) is 51.8 Å². The summed E-state index contributed by atoms with van der Waals surface area (Å²) in [5.74, 6) is -0.0468. The van der Waals surface area contributed by atoms with E-state index in [2.05, 4.69) is 10.6 Å². The molecule has 0 aliphatic carbocycles. The molecule has 1 rings (SSSR count). The fourth-order valence-electron chi connectivity index (χ4n) is 2.72. The Labute approximate surface area is 164 Å². The third-order valence-electron chi connectivity index (χ3n) is 4.96. The minimum absolute atomic E-state index is 0.0468. The SMILES string of the molecule is CCN(CC)S(=O)(=O)c1ccc(C(C)NC(C)C(=O)NC(C)(C)CC)cc1. The standard InChI is InChI=1S/C20H35N3O3S/c1-8-20(6,7)22-19(24)16(5)21-15(4)17-11-13-18(14-12-17)27(25,26)23(9-2)10-3/h11-16,21H,8-10H2,1-7H3,(H,22,24). The minimum atomic E-state index is -3.45. The summed E-state index contributed by atoms with van der Waals surface area (Å²) in [4.78, 5) is 12.6. The molecule has 2 N–H and O–H groups in total. The van der Waals surface area contributed by atoms with Gasteiger partial charge >= 0.3 is 0 Å². The van der Waals surface area contributed by atoms with Gasteiger partial charge in [0, 0.05) is 24.7 Å². The van der Waals surface area contributed by atoms with Crippen LogP contribution in [0.3, 0.4) is 0 Å². The van der Waals surface area contributed by atoms with Crippen molar-refractivity contribution in [1.29, 1.82) is 0 Å². The van der Waals surface area contributed by atoms with E-state index in [9.17, 15) is 13.2 Å². The lowest BCUT2D eigenvalue weighted by Gasteiger charge is -2.28. The fourth-order valence-corrected chi connectivity index (χ4v) is 4.18. The van der Waals surface area contributed by atoms with Gasteiger partial charge in [-0.3, -0.25) is 10.1 Å². The molecule has 6 nitrogen and oxygen atoms in total. The molecule has 2 unspecified atom stereocenters. The number of sulfonamides is 1. The molecular weight excluding hydrogens is 362 g/mol. The summed E-state index contributed by atoms with van der Waals surface area (Å²) in [6.07, 6.45) is 0.851. The van der Waals surface area contributed by atoms with Crippen molar-refractivity contribution in [3.63, 3.8) is 0 Å². The molecule has 0 aliphatic heterocycles. The number of amides is 1. The van der Waals surface area contributed by atoms with E-state index < -0.39 is 10.0 Å². The van der Waals surface area contributed by atoms with Crippen LogP contribution >= 0.6 is 0 Å². The average molecular weight is 398 g/mol. The van der Waals surface area contributed by atoms with Gasteiger partial charge in [-0.25, -0.2) is 8.42 Å². The molecule has 7 heteroatoms. The van der Waals surface area contributed by atoms with E-state index in [0.29, 0.717) is 13.1 Å². The van der Waals surface area contributed by atoms with Gasteiger partial charge in [-0.15, -0.1) is 0 Å². The van der Waals surface area contributed by atoms with Crippen LogP contribution in [0.5, 0.6) is 0 Å².